The number of hydrogen-bond acceptors (Lipinski definition) is 5. The van der Waals surface area contributed by atoms with Crippen molar-refractivity contribution in [3.63, 3.8) is 0 Å². The number of nitrogens with zero attached hydrogens (tertiary/aromatic N) is 1. The Hall–Kier alpha value is -3.65. The zero-order chi connectivity index (χ0) is 28.6. The highest BCUT2D eigenvalue weighted by atomic mass is 79.9. The molecule has 3 aromatic carbocycles. The minimum atomic E-state index is -1.52. The Labute approximate surface area is 237 Å². The third kappa shape index (κ3) is 5.71. The van der Waals surface area contributed by atoms with Crippen molar-refractivity contribution in [3.8, 4) is 0 Å². The van der Waals surface area contributed by atoms with Crippen molar-refractivity contribution in [2.45, 2.75) is 64.2 Å². The SMILES string of the molecule is CC(C)(C)OC(=O)N[C@@H](c1cccc(Br)c1)[C@@]1(c2ccccc2)C(=O)N(C(=O)OC(C)(C)C)c2ccccc21. The molecule has 39 heavy (non-hydrogen) atoms. The number of alkyl carbamates (subject to hydrolysis) is 1. The first kappa shape index (κ1) is 28.4. The Kier molecular flexibility index (Phi) is 7.63. The number of nitrogens with one attached hydrogen (secondary N) is 1. The average molecular weight is 594 g/mol. The number of rotatable bonds is 4. The minimum absolute atomic E-state index is 0.395. The summed E-state index contributed by atoms with van der Waals surface area (Å²) >= 11 is 3.53. The second-order valence-electron chi connectivity index (χ2n) is 11.4. The highest BCUT2D eigenvalue weighted by Gasteiger charge is 2.60. The lowest BCUT2D eigenvalue weighted by Crippen LogP contribution is -2.53. The summed E-state index contributed by atoms with van der Waals surface area (Å²) in [5, 5.41) is 3.00. The highest BCUT2D eigenvalue weighted by molar-refractivity contribution is 9.10. The van der Waals surface area contributed by atoms with Crippen LogP contribution in [0.3, 0.4) is 0 Å². The van der Waals surface area contributed by atoms with Crippen LogP contribution >= 0.6 is 15.9 Å². The maximum atomic E-state index is 14.8. The zero-order valence-corrected chi connectivity index (χ0v) is 24.5. The fourth-order valence-corrected chi connectivity index (χ4v) is 5.29. The summed E-state index contributed by atoms with van der Waals surface area (Å²) in [6.45, 7) is 10.6. The molecule has 1 heterocycles. The Bertz CT molecular complexity index is 1390. The van der Waals surface area contributed by atoms with Crippen LogP contribution < -0.4 is 10.2 Å². The molecule has 0 spiro atoms. The maximum absolute atomic E-state index is 14.8. The number of imide groups is 1. The number of benzene rings is 3. The standard InChI is InChI=1S/C31H33BrN2O5/c1-29(2,3)38-27(36)33-25(20-13-12-16-22(32)19-20)31(21-14-8-7-9-15-21)23-17-10-11-18-24(23)34(26(31)35)28(37)39-30(4,5)6/h7-19,25H,1-6H3,(H,33,36)/t25-,31-/m0/s1. The molecule has 0 aliphatic carbocycles. The zero-order valence-electron chi connectivity index (χ0n) is 22.9. The first-order valence-corrected chi connectivity index (χ1v) is 13.5. The summed E-state index contributed by atoms with van der Waals surface area (Å²) in [7, 11) is 0. The van der Waals surface area contributed by atoms with Gasteiger partial charge in [0.05, 0.1) is 11.7 Å². The van der Waals surface area contributed by atoms with E-state index in [0.29, 0.717) is 22.4 Å². The van der Waals surface area contributed by atoms with E-state index in [1.165, 1.54) is 0 Å². The van der Waals surface area contributed by atoms with Crippen LogP contribution in [0.2, 0.25) is 0 Å². The number of carbonyl (C=O) groups is 3. The van der Waals surface area contributed by atoms with Gasteiger partial charge in [-0.3, -0.25) is 4.79 Å². The van der Waals surface area contributed by atoms with Crippen LogP contribution in [0.25, 0.3) is 0 Å². The average Bonchev–Trinajstić information content (AvgIpc) is 3.09. The number of fused-ring (bicyclic) bond motifs is 1. The van der Waals surface area contributed by atoms with Crippen molar-refractivity contribution in [2.75, 3.05) is 4.90 Å². The lowest BCUT2D eigenvalue weighted by Gasteiger charge is -2.38. The van der Waals surface area contributed by atoms with Crippen molar-refractivity contribution >= 4 is 39.7 Å². The predicted octanol–water partition coefficient (Wildman–Crippen LogP) is 7.28. The van der Waals surface area contributed by atoms with Gasteiger partial charge in [0, 0.05) is 4.47 Å². The van der Waals surface area contributed by atoms with Gasteiger partial charge in [-0.2, -0.15) is 0 Å². The van der Waals surface area contributed by atoms with Crippen molar-refractivity contribution in [3.05, 3.63) is 100 Å². The summed E-state index contributed by atoms with van der Waals surface area (Å²) in [6.07, 6.45) is -1.48. The Morgan fingerprint density at radius 3 is 2.08 bits per heavy atom. The van der Waals surface area contributed by atoms with E-state index in [-0.39, 0.29) is 0 Å². The molecule has 0 aromatic heterocycles. The van der Waals surface area contributed by atoms with Gasteiger partial charge in [0.1, 0.15) is 16.6 Å². The van der Waals surface area contributed by atoms with Gasteiger partial charge in [0.25, 0.3) is 5.91 Å². The van der Waals surface area contributed by atoms with E-state index in [9.17, 15) is 14.4 Å². The van der Waals surface area contributed by atoms with E-state index in [1.807, 2.05) is 66.7 Å². The molecule has 3 aromatic rings. The van der Waals surface area contributed by atoms with Crippen LogP contribution in [-0.2, 0) is 19.7 Å². The number of anilines is 1. The van der Waals surface area contributed by atoms with Crippen molar-refractivity contribution in [1.29, 1.82) is 0 Å². The molecule has 7 nitrogen and oxygen atoms in total. The van der Waals surface area contributed by atoms with Crippen molar-refractivity contribution in [2.24, 2.45) is 0 Å². The molecule has 1 aliphatic heterocycles. The summed E-state index contributed by atoms with van der Waals surface area (Å²) < 4.78 is 12.1. The molecule has 1 N–H and O–H groups in total. The molecule has 0 saturated carbocycles. The van der Waals surface area contributed by atoms with Crippen LogP contribution in [0.5, 0.6) is 0 Å². The number of ether oxygens (including phenoxy) is 2. The molecule has 0 radical (unpaired) electrons. The molecule has 2 atom stereocenters. The number of amides is 3. The van der Waals surface area contributed by atoms with Crippen molar-refractivity contribution in [1.82, 2.24) is 5.32 Å². The Morgan fingerprint density at radius 2 is 1.46 bits per heavy atom. The second-order valence-corrected chi connectivity index (χ2v) is 12.4. The van der Waals surface area contributed by atoms with Gasteiger partial charge in [0.2, 0.25) is 0 Å². The molecular weight excluding hydrogens is 560 g/mol. The number of carbonyl (C=O) groups excluding carboxylic acids is 3. The van der Waals surface area contributed by atoms with Crippen molar-refractivity contribution < 1.29 is 23.9 Å². The summed E-state index contributed by atoms with van der Waals surface area (Å²) in [6, 6.07) is 22.7. The van der Waals surface area contributed by atoms with Gasteiger partial charge < -0.3 is 14.8 Å². The molecule has 0 unspecified atom stereocenters. The van der Waals surface area contributed by atoms with Gasteiger partial charge >= 0.3 is 12.2 Å². The molecule has 1 aliphatic rings. The quantitative estimate of drug-likeness (QED) is 0.344. The molecule has 0 bridgehead atoms. The van der Waals surface area contributed by atoms with E-state index in [4.69, 9.17) is 9.47 Å². The van der Waals surface area contributed by atoms with E-state index in [0.717, 1.165) is 9.37 Å². The molecule has 3 amide bonds. The largest absolute Gasteiger partial charge is 0.444 e. The molecule has 0 saturated heterocycles. The van der Waals surface area contributed by atoms with Crippen LogP contribution in [0.1, 0.15) is 64.3 Å². The van der Waals surface area contributed by atoms with Gasteiger partial charge in [-0.15, -0.1) is 0 Å². The number of hydrogen-bond donors (Lipinski definition) is 1. The van der Waals surface area contributed by atoms with Crippen LogP contribution in [-0.4, -0.2) is 29.3 Å². The van der Waals surface area contributed by atoms with Gasteiger partial charge in [-0.1, -0.05) is 76.6 Å². The van der Waals surface area contributed by atoms with Gasteiger partial charge in [-0.25, -0.2) is 14.5 Å². The normalized spacial score (nSPS) is 17.8. The van der Waals surface area contributed by atoms with Crippen LogP contribution in [0.4, 0.5) is 15.3 Å². The summed E-state index contributed by atoms with van der Waals surface area (Å²) in [5.41, 5.74) is -0.913. The number of halogens is 1. The highest BCUT2D eigenvalue weighted by Crippen LogP contribution is 2.53. The molecule has 0 fully saturated rings. The smallest absolute Gasteiger partial charge is 0.421 e. The lowest BCUT2D eigenvalue weighted by molar-refractivity contribution is -0.122. The van der Waals surface area contributed by atoms with Gasteiger partial charge in [-0.05, 0) is 76.4 Å². The van der Waals surface area contributed by atoms with E-state index < -0.39 is 40.8 Å². The Morgan fingerprint density at radius 1 is 0.846 bits per heavy atom. The first-order valence-electron chi connectivity index (χ1n) is 12.7. The molecule has 8 heteroatoms. The lowest BCUT2D eigenvalue weighted by atomic mass is 9.67. The number of para-hydroxylation sites is 1. The third-order valence-corrected chi connectivity index (χ3v) is 6.68. The monoisotopic (exact) mass is 592 g/mol. The summed E-state index contributed by atoms with van der Waals surface area (Å²) in [5.74, 6) is -0.537. The first-order chi connectivity index (χ1) is 18.2. The Balaban J connectivity index is 2.02. The predicted molar refractivity (Wildman–Crippen MR) is 154 cm³/mol. The third-order valence-electron chi connectivity index (χ3n) is 6.19. The van der Waals surface area contributed by atoms with Gasteiger partial charge in [0.15, 0.2) is 0 Å². The maximum Gasteiger partial charge on any atom is 0.421 e. The molecule has 204 valence electrons. The minimum Gasteiger partial charge on any atom is -0.444 e. The fraction of sp³-hybridized carbons (Fsp3) is 0.323. The van der Waals surface area contributed by atoms with Crippen LogP contribution in [0.15, 0.2) is 83.3 Å². The van der Waals surface area contributed by atoms with Crippen LogP contribution in [0, 0.1) is 0 Å². The van der Waals surface area contributed by atoms with E-state index in [2.05, 4.69) is 21.2 Å². The fourth-order valence-electron chi connectivity index (χ4n) is 4.87. The molecular formula is C31H33BrN2O5. The topological polar surface area (TPSA) is 84.9 Å². The van der Waals surface area contributed by atoms with E-state index in [1.54, 1.807) is 53.7 Å². The second kappa shape index (κ2) is 10.5. The van der Waals surface area contributed by atoms with E-state index >= 15 is 0 Å². The summed E-state index contributed by atoms with van der Waals surface area (Å²) in [4.78, 5) is 42.7. The molecule has 4 rings (SSSR count).